The molecule has 0 aliphatic heterocycles. The van der Waals surface area contributed by atoms with Crippen LogP contribution in [0, 0.1) is 0 Å². The zero-order valence-corrected chi connectivity index (χ0v) is 14.5. The number of thioether (sulfide) groups is 1. The Bertz CT molecular complexity index is 665. The molecule has 1 heterocycles. The minimum Gasteiger partial charge on any atom is -0.464 e. The number of hydrogen-bond acceptors (Lipinski definition) is 7. The van der Waals surface area contributed by atoms with Gasteiger partial charge in [-0.25, -0.2) is 4.79 Å². The van der Waals surface area contributed by atoms with E-state index in [0.29, 0.717) is 11.5 Å². The lowest BCUT2D eigenvalue weighted by Gasteiger charge is -2.11. The second-order valence-corrected chi connectivity index (χ2v) is 6.26. The van der Waals surface area contributed by atoms with Crippen LogP contribution < -0.4 is 0 Å². The van der Waals surface area contributed by atoms with Crippen molar-refractivity contribution in [1.82, 2.24) is 10.2 Å². The average Bonchev–Trinajstić information content (AvgIpc) is 3.03. The van der Waals surface area contributed by atoms with Crippen LogP contribution in [0.4, 0.5) is 0 Å². The summed E-state index contributed by atoms with van der Waals surface area (Å²) in [6, 6.07) is 0. The molecule has 1 aliphatic rings. The molecule has 0 bridgehead atoms. The Kier molecular flexibility index (Phi) is 6.74. The van der Waals surface area contributed by atoms with Crippen molar-refractivity contribution >= 4 is 29.3 Å². The van der Waals surface area contributed by atoms with Gasteiger partial charge in [0.1, 0.15) is 5.69 Å². The summed E-state index contributed by atoms with van der Waals surface area (Å²) in [5.41, 5.74) is -0.0941. The fourth-order valence-electron chi connectivity index (χ4n) is 2.28. The van der Waals surface area contributed by atoms with Crippen LogP contribution in [-0.2, 0) is 9.47 Å². The van der Waals surface area contributed by atoms with Crippen LogP contribution in [0.3, 0.4) is 0 Å². The van der Waals surface area contributed by atoms with E-state index >= 15 is 0 Å². The number of ketones is 2. The van der Waals surface area contributed by atoms with Gasteiger partial charge < -0.3 is 9.47 Å². The maximum absolute atomic E-state index is 12.5. The number of rotatable bonds is 9. The highest BCUT2D eigenvalue weighted by atomic mass is 32.2. The Morgan fingerprint density at radius 1 is 1.29 bits per heavy atom. The van der Waals surface area contributed by atoms with Gasteiger partial charge in [-0.3, -0.25) is 14.7 Å². The van der Waals surface area contributed by atoms with Gasteiger partial charge in [-0.2, -0.15) is 5.10 Å². The predicted molar refractivity (Wildman–Crippen MR) is 89.5 cm³/mol. The summed E-state index contributed by atoms with van der Waals surface area (Å²) >= 11 is 1.32. The molecule has 7 nitrogen and oxygen atoms in total. The summed E-state index contributed by atoms with van der Waals surface area (Å²) in [7, 11) is 1.21. The summed E-state index contributed by atoms with van der Waals surface area (Å²) in [5.74, 6) is -0.738. The number of nitrogens with one attached hydrogen (secondary N) is 1. The fourth-order valence-corrected chi connectivity index (χ4v) is 3.28. The summed E-state index contributed by atoms with van der Waals surface area (Å²) in [4.78, 5) is 36.7. The van der Waals surface area contributed by atoms with Crippen molar-refractivity contribution in [3.63, 3.8) is 0 Å². The minimum atomic E-state index is -0.716. The first-order chi connectivity index (χ1) is 11.6. The lowest BCUT2D eigenvalue weighted by atomic mass is 9.99. The molecule has 1 aliphatic carbocycles. The maximum atomic E-state index is 12.5. The van der Waals surface area contributed by atoms with Crippen LogP contribution >= 0.6 is 11.8 Å². The molecule has 2 rings (SSSR count). The first-order valence-electron chi connectivity index (χ1n) is 7.78. The van der Waals surface area contributed by atoms with E-state index in [2.05, 4.69) is 14.9 Å². The van der Waals surface area contributed by atoms with Crippen molar-refractivity contribution in [3.8, 4) is 0 Å². The van der Waals surface area contributed by atoms with Crippen LogP contribution in [0.15, 0.2) is 11.0 Å². The quantitative estimate of drug-likeness (QED) is 0.538. The van der Waals surface area contributed by atoms with Gasteiger partial charge in [0, 0.05) is 19.3 Å². The van der Waals surface area contributed by atoms with Crippen LogP contribution in [0.25, 0.3) is 0 Å². The molecule has 1 aromatic rings. The largest absolute Gasteiger partial charge is 0.464 e. The number of aromatic nitrogens is 2. The van der Waals surface area contributed by atoms with Crippen LogP contribution in [0.2, 0.25) is 0 Å². The van der Waals surface area contributed by atoms with Crippen LogP contribution in [0.1, 0.15) is 57.5 Å². The van der Waals surface area contributed by atoms with Gasteiger partial charge in [0.25, 0.3) is 0 Å². The highest BCUT2D eigenvalue weighted by molar-refractivity contribution is 8.04. The van der Waals surface area contributed by atoms with E-state index in [1.165, 1.54) is 24.9 Å². The molecular weight excluding hydrogens is 332 g/mol. The number of H-pyrrole nitrogens is 1. The van der Waals surface area contributed by atoms with E-state index in [0.717, 1.165) is 31.6 Å². The van der Waals surface area contributed by atoms with E-state index in [1.54, 1.807) is 0 Å². The van der Waals surface area contributed by atoms with Gasteiger partial charge in [-0.05, 0) is 25.5 Å². The zero-order chi connectivity index (χ0) is 17.5. The number of esters is 1. The van der Waals surface area contributed by atoms with Gasteiger partial charge in [0.05, 0.1) is 17.6 Å². The minimum absolute atomic E-state index is 0.00759. The van der Waals surface area contributed by atoms with Crippen molar-refractivity contribution in [2.75, 3.05) is 26.1 Å². The van der Waals surface area contributed by atoms with Gasteiger partial charge in [0.15, 0.2) is 5.69 Å². The van der Waals surface area contributed by atoms with Gasteiger partial charge in [-0.1, -0.05) is 6.42 Å². The Morgan fingerprint density at radius 2 is 2.08 bits per heavy atom. The van der Waals surface area contributed by atoms with Crippen molar-refractivity contribution in [2.45, 2.75) is 26.2 Å². The Balaban J connectivity index is 1.96. The monoisotopic (exact) mass is 352 g/mol. The molecule has 0 fully saturated rings. The summed E-state index contributed by atoms with van der Waals surface area (Å²) in [6.45, 7) is 3.41. The summed E-state index contributed by atoms with van der Waals surface area (Å²) in [5, 5.41) is 6.19. The second-order valence-electron chi connectivity index (χ2n) is 5.12. The van der Waals surface area contributed by atoms with Gasteiger partial charge in [0.2, 0.25) is 11.6 Å². The maximum Gasteiger partial charge on any atom is 0.356 e. The van der Waals surface area contributed by atoms with E-state index < -0.39 is 5.97 Å². The number of ether oxygens (including phenoxy) is 2. The molecule has 1 aromatic heterocycles. The number of methoxy groups -OCH3 is 1. The summed E-state index contributed by atoms with van der Waals surface area (Å²) in [6.07, 6.45) is 4.17. The lowest BCUT2D eigenvalue weighted by Crippen LogP contribution is -2.18. The molecule has 0 aromatic carbocycles. The third kappa shape index (κ3) is 4.12. The van der Waals surface area contributed by atoms with E-state index in [1.807, 2.05) is 6.92 Å². The fraction of sp³-hybridized carbons (Fsp3) is 0.500. The average molecular weight is 352 g/mol. The molecule has 24 heavy (non-hydrogen) atoms. The first kappa shape index (κ1) is 18.4. The number of aromatic amines is 1. The van der Waals surface area contributed by atoms with Gasteiger partial charge >= 0.3 is 5.97 Å². The number of unbranched alkanes of at least 4 members (excludes halogenated alkanes) is 2. The molecule has 0 amide bonds. The van der Waals surface area contributed by atoms with Crippen molar-refractivity contribution in [2.24, 2.45) is 0 Å². The van der Waals surface area contributed by atoms with Crippen LogP contribution in [0.5, 0.6) is 0 Å². The van der Waals surface area contributed by atoms with Crippen molar-refractivity contribution in [1.29, 1.82) is 0 Å². The van der Waals surface area contributed by atoms with E-state index in [9.17, 15) is 14.4 Å². The van der Waals surface area contributed by atoms with Gasteiger partial charge in [-0.15, -0.1) is 11.8 Å². The molecule has 0 saturated heterocycles. The first-order valence-corrected chi connectivity index (χ1v) is 8.76. The predicted octanol–water partition coefficient (Wildman–Crippen LogP) is 2.40. The van der Waals surface area contributed by atoms with Crippen molar-refractivity contribution < 1.29 is 23.9 Å². The number of fused-ring (bicyclic) bond motifs is 1. The molecule has 0 atom stereocenters. The smallest absolute Gasteiger partial charge is 0.356 e. The molecule has 0 radical (unpaired) electrons. The Morgan fingerprint density at radius 3 is 2.79 bits per heavy atom. The zero-order valence-electron chi connectivity index (χ0n) is 13.7. The molecule has 8 heteroatoms. The molecule has 130 valence electrons. The van der Waals surface area contributed by atoms with E-state index in [-0.39, 0.29) is 28.5 Å². The second kappa shape index (κ2) is 8.79. The number of allylic oxidation sites excluding steroid dienone is 2. The third-order valence-electron chi connectivity index (χ3n) is 3.50. The Hall–Kier alpha value is -1.93. The lowest BCUT2D eigenvalue weighted by molar-refractivity contribution is 0.0591. The number of Topliss-reactive ketones (excluding diaryl/α,β-unsaturated/α-hetero) is 1. The topological polar surface area (TPSA) is 98.3 Å². The highest BCUT2D eigenvalue weighted by Gasteiger charge is 2.34. The summed E-state index contributed by atoms with van der Waals surface area (Å²) < 4.78 is 9.88. The van der Waals surface area contributed by atoms with E-state index in [4.69, 9.17) is 4.74 Å². The highest BCUT2D eigenvalue weighted by Crippen LogP contribution is 2.30. The number of carbonyl (C=O) groups is 3. The van der Waals surface area contributed by atoms with Crippen molar-refractivity contribution in [3.05, 3.63) is 27.9 Å². The molecule has 0 spiro atoms. The standard InChI is InChI=1S/C16H20N2O5S/c1-3-23-7-5-4-6-8-24-11-9-10(19)13-12(15(11)20)14(18-17-13)16(21)22-2/h9H,3-8H2,1-2H3,(H,17,18). The number of carbonyl (C=O) groups excluding carboxylic acids is 3. The normalized spacial score (nSPS) is 13.7. The molecular formula is C16H20N2O5S. The SMILES string of the molecule is CCOCCCCCSC1=CC(=O)c2n[nH]c(C(=O)OC)c2C1=O. The van der Waals surface area contributed by atoms with Crippen LogP contribution in [-0.4, -0.2) is 53.8 Å². The molecule has 1 N–H and O–H groups in total. The molecule has 0 saturated carbocycles. The number of hydrogen-bond donors (Lipinski definition) is 1. The number of nitrogens with zero attached hydrogens (tertiary/aromatic N) is 1. The Labute approximate surface area is 144 Å². The third-order valence-corrected chi connectivity index (χ3v) is 4.60. The molecule has 0 unspecified atom stereocenters.